The van der Waals surface area contributed by atoms with Crippen LogP contribution in [-0.4, -0.2) is 34.1 Å². The van der Waals surface area contributed by atoms with Gasteiger partial charge in [0, 0.05) is 34.4 Å². The van der Waals surface area contributed by atoms with E-state index in [2.05, 4.69) is 60.7 Å². The first kappa shape index (κ1) is 20.2. The Balaban J connectivity index is 2.16. The normalized spacial score (nSPS) is 11.6. The molecule has 0 atom stereocenters. The van der Waals surface area contributed by atoms with Gasteiger partial charge in [-0.2, -0.15) is 0 Å². The van der Waals surface area contributed by atoms with E-state index in [0.29, 0.717) is 6.54 Å². The van der Waals surface area contributed by atoms with Gasteiger partial charge in [-0.1, -0.05) is 48.8 Å². The van der Waals surface area contributed by atoms with Gasteiger partial charge in [-0.3, -0.25) is 9.36 Å². The highest BCUT2D eigenvalue weighted by Crippen LogP contribution is 2.36. The Morgan fingerprint density at radius 3 is 2.41 bits per heavy atom. The number of benzene rings is 1. The molecule has 0 fully saturated rings. The molecule has 27 heavy (non-hydrogen) atoms. The van der Waals surface area contributed by atoms with Gasteiger partial charge < -0.3 is 4.90 Å². The van der Waals surface area contributed by atoms with Crippen molar-refractivity contribution in [1.82, 2.24) is 14.5 Å². The van der Waals surface area contributed by atoms with Crippen LogP contribution in [0.15, 0.2) is 33.5 Å². The molecule has 0 saturated carbocycles. The summed E-state index contributed by atoms with van der Waals surface area (Å²) in [4.78, 5) is 22.7. The third-order valence-corrected chi connectivity index (χ3v) is 6.58. The molecule has 3 rings (SSSR count). The summed E-state index contributed by atoms with van der Waals surface area (Å²) in [6.45, 7) is 12.0. The van der Waals surface area contributed by atoms with Gasteiger partial charge in [-0.25, -0.2) is 4.98 Å². The van der Waals surface area contributed by atoms with Crippen molar-refractivity contribution in [3.63, 3.8) is 0 Å². The molecule has 2 heterocycles. The molecular weight excluding hydrogens is 422 g/mol. The topological polar surface area (TPSA) is 38.1 Å². The molecule has 6 heteroatoms. The summed E-state index contributed by atoms with van der Waals surface area (Å²) in [5.74, 6) is 0.878. The largest absolute Gasteiger partial charge is 0.302 e. The lowest BCUT2D eigenvalue weighted by Crippen LogP contribution is -2.33. The fourth-order valence-corrected chi connectivity index (χ4v) is 4.80. The van der Waals surface area contributed by atoms with Gasteiger partial charge >= 0.3 is 0 Å². The number of halogens is 1. The maximum absolute atomic E-state index is 13.5. The van der Waals surface area contributed by atoms with Crippen molar-refractivity contribution in [3.8, 4) is 11.1 Å². The zero-order chi connectivity index (χ0) is 19.6. The minimum absolute atomic E-state index is 0.0891. The van der Waals surface area contributed by atoms with E-state index in [-0.39, 0.29) is 5.56 Å². The van der Waals surface area contributed by atoms with Crippen LogP contribution in [0.3, 0.4) is 0 Å². The lowest BCUT2D eigenvalue weighted by atomic mass is 10.0. The van der Waals surface area contributed by atoms with Crippen LogP contribution in [-0.2, 0) is 13.0 Å². The van der Waals surface area contributed by atoms with Crippen LogP contribution in [0.25, 0.3) is 21.3 Å². The molecule has 0 bridgehead atoms. The van der Waals surface area contributed by atoms with Gasteiger partial charge in [0.1, 0.15) is 10.7 Å². The van der Waals surface area contributed by atoms with E-state index in [4.69, 9.17) is 4.98 Å². The number of thiophene rings is 1. The molecule has 0 aliphatic carbocycles. The second-order valence-corrected chi connectivity index (χ2v) is 8.70. The molecule has 0 unspecified atom stereocenters. The van der Waals surface area contributed by atoms with Gasteiger partial charge in [0.05, 0.1) is 5.39 Å². The predicted molar refractivity (Wildman–Crippen MR) is 119 cm³/mol. The molecule has 0 spiro atoms. The lowest BCUT2D eigenvalue weighted by Gasteiger charge is -2.19. The van der Waals surface area contributed by atoms with E-state index in [1.807, 2.05) is 16.7 Å². The zero-order valence-corrected chi connectivity index (χ0v) is 18.8. The number of aromatic nitrogens is 2. The number of rotatable bonds is 7. The molecule has 0 saturated heterocycles. The molecule has 0 amide bonds. The first-order valence-electron chi connectivity index (χ1n) is 9.51. The van der Waals surface area contributed by atoms with Gasteiger partial charge in [-0.15, -0.1) is 11.3 Å². The molecule has 0 N–H and O–H groups in total. The molecule has 0 aliphatic heterocycles. The minimum atomic E-state index is 0.0891. The number of aryl methyl sites for hydroxylation is 2. The Labute approximate surface area is 173 Å². The lowest BCUT2D eigenvalue weighted by molar-refractivity contribution is 0.287. The van der Waals surface area contributed by atoms with E-state index in [0.717, 1.165) is 62.6 Å². The number of hydrogen-bond donors (Lipinski definition) is 0. The van der Waals surface area contributed by atoms with Crippen LogP contribution in [0.5, 0.6) is 0 Å². The van der Waals surface area contributed by atoms with Crippen molar-refractivity contribution in [2.75, 3.05) is 19.6 Å². The predicted octanol–water partition coefficient (Wildman–Crippen LogP) is 5.10. The van der Waals surface area contributed by atoms with E-state index >= 15 is 0 Å². The zero-order valence-electron chi connectivity index (χ0n) is 16.4. The standard InChI is InChI=1S/C21H26BrN3OS/c1-5-17-23-20-19(21(26)25(17)13-12-24(6-2)7-3)18(14(4)27-20)15-8-10-16(22)11-9-15/h8-11H,5-7,12-13H2,1-4H3. The molecule has 4 nitrogen and oxygen atoms in total. The van der Waals surface area contributed by atoms with Crippen LogP contribution in [0.2, 0.25) is 0 Å². The van der Waals surface area contributed by atoms with Crippen molar-refractivity contribution >= 4 is 37.5 Å². The Hall–Kier alpha value is -1.50. The number of likely N-dealkylation sites (N-methyl/N-ethyl adjacent to an activating group) is 1. The molecule has 0 aliphatic rings. The van der Waals surface area contributed by atoms with Gasteiger partial charge in [0.2, 0.25) is 0 Å². The highest BCUT2D eigenvalue weighted by atomic mass is 79.9. The SMILES string of the molecule is CCc1nc2sc(C)c(-c3ccc(Br)cc3)c2c(=O)n1CCN(CC)CC. The second-order valence-electron chi connectivity index (χ2n) is 6.59. The molecule has 0 radical (unpaired) electrons. The number of nitrogens with zero attached hydrogens (tertiary/aromatic N) is 3. The summed E-state index contributed by atoms with van der Waals surface area (Å²) in [5.41, 5.74) is 2.19. The summed E-state index contributed by atoms with van der Waals surface area (Å²) >= 11 is 5.11. The molecule has 1 aromatic carbocycles. The van der Waals surface area contributed by atoms with Gasteiger partial charge in [0.25, 0.3) is 5.56 Å². The van der Waals surface area contributed by atoms with E-state index in [1.165, 1.54) is 0 Å². The fourth-order valence-electron chi connectivity index (χ4n) is 3.48. The number of fused-ring (bicyclic) bond motifs is 1. The second kappa shape index (κ2) is 8.67. The average Bonchev–Trinajstić information content (AvgIpc) is 3.00. The Kier molecular flexibility index (Phi) is 6.50. The van der Waals surface area contributed by atoms with Crippen LogP contribution in [0.1, 0.15) is 31.5 Å². The maximum atomic E-state index is 13.5. The summed E-state index contributed by atoms with van der Waals surface area (Å²) < 4.78 is 2.92. The van der Waals surface area contributed by atoms with E-state index < -0.39 is 0 Å². The van der Waals surface area contributed by atoms with Gasteiger partial charge in [-0.05, 0) is 37.7 Å². The number of hydrogen-bond acceptors (Lipinski definition) is 4. The summed E-state index contributed by atoms with van der Waals surface area (Å²) in [6.07, 6.45) is 0.758. The molecule has 2 aromatic heterocycles. The minimum Gasteiger partial charge on any atom is -0.302 e. The molecule has 3 aromatic rings. The van der Waals surface area contributed by atoms with E-state index in [1.54, 1.807) is 11.3 Å². The highest BCUT2D eigenvalue weighted by molar-refractivity contribution is 9.10. The Bertz CT molecular complexity index is 987. The van der Waals surface area contributed by atoms with E-state index in [9.17, 15) is 4.79 Å². The van der Waals surface area contributed by atoms with Crippen molar-refractivity contribution in [1.29, 1.82) is 0 Å². The average molecular weight is 448 g/mol. The third-order valence-electron chi connectivity index (χ3n) is 5.05. The van der Waals surface area contributed by atoms with Crippen molar-refractivity contribution in [2.24, 2.45) is 0 Å². The summed E-state index contributed by atoms with van der Waals surface area (Å²) in [6, 6.07) is 8.16. The van der Waals surface area contributed by atoms with Gasteiger partial charge in [0.15, 0.2) is 0 Å². The summed E-state index contributed by atoms with van der Waals surface area (Å²) in [7, 11) is 0. The van der Waals surface area contributed by atoms with Crippen molar-refractivity contribution in [3.05, 3.63) is 49.8 Å². The first-order chi connectivity index (χ1) is 13.0. The van der Waals surface area contributed by atoms with Crippen LogP contribution in [0, 0.1) is 6.92 Å². The third kappa shape index (κ3) is 4.03. The molecule has 144 valence electrons. The van der Waals surface area contributed by atoms with Crippen LogP contribution in [0.4, 0.5) is 0 Å². The van der Waals surface area contributed by atoms with Crippen LogP contribution < -0.4 is 5.56 Å². The highest BCUT2D eigenvalue weighted by Gasteiger charge is 2.19. The Morgan fingerprint density at radius 1 is 1.15 bits per heavy atom. The van der Waals surface area contributed by atoms with Crippen LogP contribution >= 0.6 is 27.3 Å². The fraction of sp³-hybridized carbons (Fsp3) is 0.429. The Morgan fingerprint density at radius 2 is 1.81 bits per heavy atom. The maximum Gasteiger partial charge on any atom is 0.262 e. The van der Waals surface area contributed by atoms with Crippen molar-refractivity contribution < 1.29 is 0 Å². The summed E-state index contributed by atoms with van der Waals surface area (Å²) in [5, 5.41) is 0.761. The first-order valence-corrected chi connectivity index (χ1v) is 11.1. The molecular formula is C21H26BrN3OS. The monoisotopic (exact) mass is 447 g/mol. The smallest absolute Gasteiger partial charge is 0.262 e. The quantitative estimate of drug-likeness (QED) is 0.505. The van der Waals surface area contributed by atoms with Crippen molar-refractivity contribution in [2.45, 2.75) is 40.7 Å².